The lowest BCUT2D eigenvalue weighted by Crippen LogP contribution is -2.45. The number of halogens is 1. The van der Waals surface area contributed by atoms with Crippen LogP contribution in [0.4, 0.5) is 4.39 Å². The summed E-state index contributed by atoms with van der Waals surface area (Å²) in [5.74, 6) is -0.223. The number of piperidine rings is 1. The molecule has 4 aromatic rings. The number of rotatable bonds is 5. The number of carbonyl (C=O) groups excluding carboxylic acids is 2. The number of amides is 2. The van der Waals surface area contributed by atoms with E-state index in [4.69, 9.17) is 0 Å². The Hall–Kier alpha value is -3.11. The second kappa shape index (κ2) is 7.99. The van der Waals surface area contributed by atoms with Gasteiger partial charge in [0.15, 0.2) is 4.96 Å². The molecule has 0 spiro atoms. The molecule has 2 unspecified atom stereocenters. The molecule has 6 rings (SSSR count). The largest absolute Gasteiger partial charge is 0.349 e. The number of carbonyl (C=O) groups is 2. The summed E-state index contributed by atoms with van der Waals surface area (Å²) in [7, 11) is 0. The Bertz CT molecular complexity index is 1440. The average molecular weight is 496 g/mol. The molecule has 1 aliphatic heterocycles. The molecular weight excluding hydrogens is 473 g/mol. The van der Waals surface area contributed by atoms with E-state index < -0.39 is 0 Å². The number of aromatic nitrogens is 3. The fourth-order valence-electron chi connectivity index (χ4n) is 5.04. The van der Waals surface area contributed by atoms with Gasteiger partial charge in [-0.3, -0.25) is 14.0 Å². The summed E-state index contributed by atoms with van der Waals surface area (Å²) in [4.78, 5) is 39.0. The van der Waals surface area contributed by atoms with E-state index in [0.717, 1.165) is 22.8 Å². The highest BCUT2D eigenvalue weighted by Crippen LogP contribution is 2.48. The van der Waals surface area contributed by atoms with E-state index in [1.54, 1.807) is 16.5 Å². The predicted octanol–water partition coefficient (Wildman–Crippen LogP) is 4.31. The van der Waals surface area contributed by atoms with Crippen molar-refractivity contribution in [3.8, 4) is 10.4 Å². The Balaban J connectivity index is 1.24. The number of likely N-dealkylation sites (tertiary alicyclic amines) is 1. The van der Waals surface area contributed by atoms with E-state index >= 15 is 0 Å². The minimum absolute atomic E-state index is 0.103. The molecule has 2 aliphatic rings. The van der Waals surface area contributed by atoms with Crippen LogP contribution in [0.15, 0.2) is 35.8 Å². The summed E-state index contributed by atoms with van der Waals surface area (Å²) >= 11 is 2.88. The van der Waals surface area contributed by atoms with Gasteiger partial charge in [-0.1, -0.05) is 12.1 Å². The van der Waals surface area contributed by atoms with Crippen LogP contribution in [0.1, 0.15) is 44.5 Å². The lowest BCUT2D eigenvalue weighted by Gasteiger charge is -2.27. The van der Waals surface area contributed by atoms with Crippen molar-refractivity contribution in [3.05, 3.63) is 63.7 Å². The maximum atomic E-state index is 13.9. The summed E-state index contributed by atoms with van der Waals surface area (Å²) < 4.78 is 15.7. The monoisotopic (exact) mass is 495 g/mol. The molecule has 34 heavy (non-hydrogen) atoms. The Morgan fingerprint density at radius 3 is 2.91 bits per heavy atom. The quantitative estimate of drug-likeness (QED) is 0.448. The van der Waals surface area contributed by atoms with Gasteiger partial charge in [0.2, 0.25) is 0 Å². The maximum Gasteiger partial charge on any atom is 0.274 e. The van der Waals surface area contributed by atoms with Crippen molar-refractivity contribution >= 4 is 39.4 Å². The van der Waals surface area contributed by atoms with Crippen molar-refractivity contribution in [2.24, 2.45) is 5.92 Å². The van der Waals surface area contributed by atoms with Gasteiger partial charge in [0.25, 0.3) is 11.8 Å². The van der Waals surface area contributed by atoms with E-state index in [1.807, 2.05) is 30.3 Å². The topological polar surface area (TPSA) is 79.6 Å². The fourth-order valence-corrected chi connectivity index (χ4v) is 6.71. The van der Waals surface area contributed by atoms with Crippen LogP contribution in [-0.2, 0) is 0 Å². The van der Waals surface area contributed by atoms with Crippen LogP contribution in [0.2, 0.25) is 0 Å². The van der Waals surface area contributed by atoms with Crippen molar-refractivity contribution < 1.29 is 14.0 Å². The third kappa shape index (κ3) is 3.52. The van der Waals surface area contributed by atoms with Gasteiger partial charge in [-0.15, -0.1) is 22.7 Å². The normalized spacial score (nSPS) is 21.1. The predicted molar refractivity (Wildman–Crippen MR) is 129 cm³/mol. The second-order valence-electron chi connectivity index (χ2n) is 8.90. The fraction of sp³-hybridized carbons (Fsp3) is 0.333. The minimum Gasteiger partial charge on any atom is -0.349 e. The van der Waals surface area contributed by atoms with Crippen LogP contribution in [0.3, 0.4) is 0 Å². The third-order valence-corrected chi connectivity index (χ3v) is 8.39. The van der Waals surface area contributed by atoms with Crippen LogP contribution in [0, 0.1) is 25.6 Å². The van der Waals surface area contributed by atoms with Crippen LogP contribution in [0.5, 0.6) is 0 Å². The number of fused-ring (bicyclic) bond motifs is 2. The molecule has 1 saturated heterocycles. The number of imidazole rings is 1. The number of aryl methyl sites for hydroxylation is 2. The molecule has 1 N–H and O–H groups in total. The molecule has 1 saturated carbocycles. The van der Waals surface area contributed by atoms with Gasteiger partial charge >= 0.3 is 0 Å². The summed E-state index contributed by atoms with van der Waals surface area (Å²) in [6.07, 6.45) is 3.67. The minimum atomic E-state index is -0.346. The Morgan fingerprint density at radius 1 is 1.24 bits per heavy atom. The standard InChI is InChI=1S/C24H22FN5O2S2/c1-12-20(29-6-7-33-24(29)27-12)22(31)26-11-17-9-15-10-18(15)30(17)23(32)19-21(34-13(2)28-19)14-4-3-5-16(25)8-14/h3-8,15,17-18H,9-11H2,1-2H3,(H,26,31)/t15?,17-,18?/m0/s1. The van der Waals surface area contributed by atoms with Gasteiger partial charge in [-0.2, -0.15) is 0 Å². The molecule has 1 aromatic carbocycles. The lowest BCUT2D eigenvalue weighted by molar-refractivity contribution is 0.0684. The number of benzene rings is 1. The van der Waals surface area contributed by atoms with Crippen LogP contribution in [0.25, 0.3) is 15.4 Å². The number of thiazole rings is 2. The van der Waals surface area contributed by atoms with E-state index in [9.17, 15) is 14.0 Å². The van der Waals surface area contributed by atoms with E-state index in [2.05, 4.69) is 15.3 Å². The van der Waals surface area contributed by atoms with Gasteiger partial charge in [0.1, 0.15) is 17.2 Å². The molecule has 1 aliphatic carbocycles. The average Bonchev–Trinajstić information content (AvgIpc) is 3.16. The molecule has 3 atom stereocenters. The number of hydrogen-bond acceptors (Lipinski definition) is 6. The van der Waals surface area contributed by atoms with E-state index in [-0.39, 0.29) is 29.7 Å². The molecule has 3 aromatic heterocycles. The maximum absolute atomic E-state index is 13.9. The first-order valence-corrected chi connectivity index (χ1v) is 12.9. The third-order valence-electron chi connectivity index (χ3n) is 6.62. The van der Waals surface area contributed by atoms with Crippen LogP contribution < -0.4 is 5.32 Å². The van der Waals surface area contributed by atoms with E-state index in [0.29, 0.717) is 40.0 Å². The van der Waals surface area contributed by atoms with Gasteiger partial charge in [-0.05, 0) is 50.3 Å². The van der Waals surface area contributed by atoms with Gasteiger partial charge in [0.05, 0.1) is 21.6 Å². The zero-order valence-corrected chi connectivity index (χ0v) is 20.3. The first kappa shape index (κ1) is 21.4. The number of nitrogens with zero attached hydrogens (tertiary/aromatic N) is 4. The SMILES string of the molecule is Cc1nc(C(=O)N2C3CC3C[C@H]2CNC(=O)c2c(C)nc3sccn23)c(-c2cccc(F)c2)s1. The molecule has 2 amide bonds. The van der Waals surface area contributed by atoms with Gasteiger partial charge in [-0.25, -0.2) is 14.4 Å². The molecule has 0 bridgehead atoms. The lowest BCUT2D eigenvalue weighted by atomic mass is 10.1. The number of nitrogens with one attached hydrogen (secondary N) is 1. The highest BCUT2D eigenvalue weighted by Gasteiger charge is 2.54. The highest BCUT2D eigenvalue weighted by atomic mass is 32.1. The van der Waals surface area contributed by atoms with Crippen molar-refractivity contribution in [2.75, 3.05) is 6.54 Å². The molecule has 7 nitrogen and oxygen atoms in total. The van der Waals surface area contributed by atoms with Gasteiger partial charge < -0.3 is 10.2 Å². The molecule has 4 heterocycles. The second-order valence-corrected chi connectivity index (χ2v) is 11.0. The zero-order valence-electron chi connectivity index (χ0n) is 18.6. The van der Waals surface area contributed by atoms with E-state index in [1.165, 1.54) is 34.8 Å². The first-order valence-electron chi connectivity index (χ1n) is 11.2. The van der Waals surface area contributed by atoms with Crippen molar-refractivity contribution in [3.63, 3.8) is 0 Å². The van der Waals surface area contributed by atoms with Crippen molar-refractivity contribution in [1.82, 2.24) is 24.6 Å². The zero-order chi connectivity index (χ0) is 23.6. The van der Waals surface area contributed by atoms with Gasteiger partial charge in [0, 0.05) is 24.2 Å². The Morgan fingerprint density at radius 2 is 2.09 bits per heavy atom. The first-order chi connectivity index (χ1) is 16.4. The molecular formula is C24H22FN5O2S2. The Kier molecular flexibility index (Phi) is 5.03. The number of hydrogen-bond donors (Lipinski definition) is 1. The van der Waals surface area contributed by atoms with Crippen molar-refractivity contribution in [2.45, 2.75) is 38.8 Å². The summed E-state index contributed by atoms with van der Waals surface area (Å²) in [5.41, 5.74) is 2.23. The molecule has 10 heteroatoms. The summed E-state index contributed by atoms with van der Waals surface area (Å²) in [6.45, 7) is 4.05. The Labute approximate surface area is 203 Å². The molecule has 174 valence electrons. The summed E-state index contributed by atoms with van der Waals surface area (Å²) in [6, 6.07) is 6.34. The molecule has 0 radical (unpaired) electrons. The van der Waals surface area contributed by atoms with Crippen LogP contribution in [-0.4, -0.2) is 49.7 Å². The van der Waals surface area contributed by atoms with Crippen LogP contribution >= 0.6 is 22.7 Å². The molecule has 2 fully saturated rings. The smallest absolute Gasteiger partial charge is 0.274 e. The summed E-state index contributed by atoms with van der Waals surface area (Å²) in [5, 5.41) is 5.69. The highest BCUT2D eigenvalue weighted by molar-refractivity contribution is 7.15. The van der Waals surface area contributed by atoms with Crippen molar-refractivity contribution in [1.29, 1.82) is 0 Å².